The molecule has 0 bridgehead atoms. The third-order valence-electron chi connectivity index (χ3n) is 3.48. The molecule has 0 radical (unpaired) electrons. The molecule has 19 heavy (non-hydrogen) atoms. The maximum atomic E-state index is 13.0. The zero-order valence-corrected chi connectivity index (χ0v) is 11.8. The summed E-state index contributed by atoms with van der Waals surface area (Å²) in [6.45, 7) is 4.22. The van der Waals surface area contributed by atoms with Crippen LogP contribution in [0.2, 0.25) is 0 Å². The first-order chi connectivity index (χ1) is 8.81. The summed E-state index contributed by atoms with van der Waals surface area (Å²) in [5, 5.41) is 12.3. The molecule has 0 aliphatic carbocycles. The van der Waals surface area contributed by atoms with Crippen LogP contribution in [0.4, 0.5) is 4.39 Å². The molecule has 1 atom stereocenters. The van der Waals surface area contributed by atoms with Crippen molar-refractivity contribution in [1.82, 2.24) is 10.2 Å². The van der Waals surface area contributed by atoms with Gasteiger partial charge in [-0.1, -0.05) is 12.1 Å². The van der Waals surface area contributed by atoms with Gasteiger partial charge in [0, 0.05) is 38.8 Å². The fourth-order valence-electron chi connectivity index (χ4n) is 2.52. The van der Waals surface area contributed by atoms with Crippen molar-refractivity contribution in [1.29, 1.82) is 0 Å². The van der Waals surface area contributed by atoms with E-state index in [1.165, 1.54) is 12.1 Å². The highest BCUT2D eigenvalue weighted by Gasteiger charge is 2.21. The predicted octanol–water partition coefficient (Wildman–Crippen LogP) is 1.97. The van der Waals surface area contributed by atoms with Gasteiger partial charge in [0.1, 0.15) is 5.82 Å². The fourth-order valence-corrected chi connectivity index (χ4v) is 2.52. The molecule has 0 saturated carbocycles. The normalized spacial score (nSPS) is 17.8. The molecule has 1 aromatic rings. The molecule has 5 heteroatoms. The van der Waals surface area contributed by atoms with Crippen molar-refractivity contribution in [2.75, 3.05) is 32.8 Å². The Morgan fingerprint density at radius 3 is 2.42 bits per heavy atom. The van der Waals surface area contributed by atoms with Crippen molar-refractivity contribution in [2.45, 2.75) is 18.9 Å². The number of aliphatic hydroxyl groups is 1. The van der Waals surface area contributed by atoms with Gasteiger partial charge in [-0.2, -0.15) is 0 Å². The monoisotopic (exact) mass is 288 g/mol. The first kappa shape index (κ1) is 16.4. The summed E-state index contributed by atoms with van der Waals surface area (Å²) in [5.74, 6) is -0.194. The Morgan fingerprint density at radius 2 is 1.84 bits per heavy atom. The second-order valence-electron chi connectivity index (χ2n) is 4.72. The largest absolute Gasteiger partial charge is 0.396 e. The summed E-state index contributed by atoms with van der Waals surface area (Å²) >= 11 is 0. The molecular formula is C14H22ClFN2O. The first-order valence-electron chi connectivity index (χ1n) is 6.62. The van der Waals surface area contributed by atoms with E-state index in [1.54, 1.807) is 0 Å². The van der Waals surface area contributed by atoms with Crippen LogP contribution in [0.25, 0.3) is 0 Å². The van der Waals surface area contributed by atoms with Gasteiger partial charge in [-0.05, 0) is 30.5 Å². The van der Waals surface area contributed by atoms with Crippen LogP contribution in [0.15, 0.2) is 24.3 Å². The van der Waals surface area contributed by atoms with Crippen molar-refractivity contribution >= 4 is 12.4 Å². The Hall–Kier alpha value is -0.680. The van der Waals surface area contributed by atoms with E-state index < -0.39 is 0 Å². The Kier molecular flexibility index (Phi) is 7.31. The Labute approximate surface area is 120 Å². The van der Waals surface area contributed by atoms with E-state index in [9.17, 15) is 4.39 Å². The smallest absolute Gasteiger partial charge is 0.123 e. The van der Waals surface area contributed by atoms with Gasteiger partial charge in [-0.15, -0.1) is 12.4 Å². The molecule has 108 valence electrons. The van der Waals surface area contributed by atoms with E-state index in [-0.39, 0.29) is 24.8 Å². The third kappa shape index (κ3) is 4.73. The SMILES string of the molecule is Cl.OCCC[C@H](c1ccc(F)cc1)N1CCNCC1. The highest BCUT2D eigenvalue weighted by atomic mass is 35.5. The average molecular weight is 289 g/mol. The van der Waals surface area contributed by atoms with Crippen LogP contribution in [0.3, 0.4) is 0 Å². The lowest BCUT2D eigenvalue weighted by atomic mass is 9.99. The minimum absolute atomic E-state index is 0. The second-order valence-corrected chi connectivity index (χ2v) is 4.72. The first-order valence-corrected chi connectivity index (χ1v) is 6.62. The van der Waals surface area contributed by atoms with Gasteiger partial charge in [0.05, 0.1) is 0 Å². The molecular weight excluding hydrogens is 267 g/mol. The molecule has 1 aliphatic rings. The van der Waals surface area contributed by atoms with Crippen LogP contribution in [0.5, 0.6) is 0 Å². The van der Waals surface area contributed by atoms with Gasteiger partial charge in [-0.3, -0.25) is 4.90 Å². The number of rotatable bonds is 5. The molecule has 1 fully saturated rings. The molecule has 0 unspecified atom stereocenters. The van der Waals surface area contributed by atoms with Crippen molar-refractivity contribution < 1.29 is 9.50 Å². The topological polar surface area (TPSA) is 35.5 Å². The van der Waals surface area contributed by atoms with E-state index in [0.717, 1.165) is 44.6 Å². The standard InChI is InChI=1S/C14H21FN2O.ClH/c15-13-5-3-12(4-6-13)14(2-1-11-18)17-9-7-16-8-10-17;/h3-6,14,16,18H,1-2,7-11H2;1H/t14-;/m1./s1. The summed E-state index contributed by atoms with van der Waals surface area (Å²) in [5.41, 5.74) is 1.15. The summed E-state index contributed by atoms with van der Waals surface area (Å²) in [6, 6.07) is 7.05. The van der Waals surface area contributed by atoms with Crippen LogP contribution in [-0.2, 0) is 0 Å². The minimum Gasteiger partial charge on any atom is -0.396 e. The minimum atomic E-state index is -0.194. The maximum Gasteiger partial charge on any atom is 0.123 e. The highest BCUT2D eigenvalue weighted by molar-refractivity contribution is 5.85. The Bertz CT molecular complexity index is 355. The van der Waals surface area contributed by atoms with Gasteiger partial charge in [0.15, 0.2) is 0 Å². The average Bonchev–Trinajstić information content (AvgIpc) is 2.42. The van der Waals surface area contributed by atoms with Crippen molar-refractivity contribution in [2.24, 2.45) is 0 Å². The summed E-state index contributed by atoms with van der Waals surface area (Å²) in [7, 11) is 0. The van der Waals surface area contributed by atoms with Crippen molar-refractivity contribution in [3.8, 4) is 0 Å². The number of benzene rings is 1. The lowest BCUT2D eigenvalue weighted by Crippen LogP contribution is -2.45. The highest BCUT2D eigenvalue weighted by Crippen LogP contribution is 2.26. The summed E-state index contributed by atoms with van der Waals surface area (Å²) < 4.78 is 13.0. The molecule has 0 aromatic heterocycles. The third-order valence-corrected chi connectivity index (χ3v) is 3.48. The Balaban J connectivity index is 0.00000180. The zero-order chi connectivity index (χ0) is 12.8. The molecule has 1 heterocycles. The van der Waals surface area contributed by atoms with Crippen LogP contribution in [0, 0.1) is 5.82 Å². The van der Waals surface area contributed by atoms with Gasteiger partial charge in [0.25, 0.3) is 0 Å². The van der Waals surface area contributed by atoms with Crippen LogP contribution in [0.1, 0.15) is 24.4 Å². The molecule has 1 aliphatic heterocycles. The lowest BCUT2D eigenvalue weighted by molar-refractivity contribution is 0.154. The summed E-state index contributed by atoms with van der Waals surface area (Å²) in [6.07, 6.45) is 1.70. The van der Waals surface area contributed by atoms with E-state index in [2.05, 4.69) is 10.2 Å². The van der Waals surface area contributed by atoms with Crippen molar-refractivity contribution in [3.63, 3.8) is 0 Å². The Morgan fingerprint density at radius 1 is 1.21 bits per heavy atom. The quantitative estimate of drug-likeness (QED) is 0.869. The van der Waals surface area contributed by atoms with Gasteiger partial charge < -0.3 is 10.4 Å². The number of aliphatic hydroxyl groups excluding tert-OH is 1. The molecule has 2 N–H and O–H groups in total. The number of hydrogen-bond donors (Lipinski definition) is 2. The maximum absolute atomic E-state index is 13.0. The van der Waals surface area contributed by atoms with E-state index in [0.29, 0.717) is 6.04 Å². The zero-order valence-electron chi connectivity index (χ0n) is 11.0. The number of nitrogens with zero attached hydrogens (tertiary/aromatic N) is 1. The van der Waals surface area contributed by atoms with E-state index in [1.807, 2.05) is 12.1 Å². The van der Waals surface area contributed by atoms with Crippen LogP contribution in [-0.4, -0.2) is 42.8 Å². The van der Waals surface area contributed by atoms with Gasteiger partial charge in [-0.25, -0.2) is 4.39 Å². The number of piperazine rings is 1. The van der Waals surface area contributed by atoms with E-state index in [4.69, 9.17) is 5.11 Å². The number of halogens is 2. The molecule has 0 spiro atoms. The van der Waals surface area contributed by atoms with Crippen molar-refractivity contribution in [3.05, 3.63) is 35.6 Å². The molecule has 1 aromatic carbocycles. The molecule has 1 saturated heterocycles. The van der Waals surface area contributed by atoms with Crippen LogP contribution >= 0.6 is 12.4 Å². The lowest BCUT2D eigenvalue weighted by Gasteiger charge is -2.35. The molecule has 3 nitrogen and oxygen atoms in total. The second kappa shape index (κ2) is 8.48. The number of nitrogens with one attached hydrogen (secondary N) is 1. The van der Waals surface area contributed by atoms with Gasteiger partial charge in [0.2, 0.25) is 0 Å². The number of hydrogen-bond acceptors (Lipinski definition) is 3. The summed E-state index contributed by atoms with van der Waals surface area (Å²) in [4.78, 5) is 2.42. The van der Waals surface area contributed by atoms with E-state index >= 15 is 0 Å². The van der Waals surface area contributed by atoms with Crippen LogP contribution < -0.4 is 5.32 Å². The molecule has 0 amide bonds. The predicted molar refractivity (Wildman–Crippen MR) is 77.2 cm³/mol. The van der Waals surface area contributed by atoms with Gasteiger partial charge >= 0.3 is 0 Å². The molecule has 2 rings (SSSR count). The fraction of sp³-hybridized carbons (Fsp3) is 0.571.